The van der Waals surface area contributed by atoms with Gasteiger partial charge in [-0.2, -0.15) is 0 Å². The molecule has 3 heteroatoms. The fourth-order valence-corrected chi connectivity index (χ4v) is 4.61. The molecule has 0 aromatic carbocycles. The molecule has 3 fully saturated rings. The zero-order valence-corrected chi connectivity index (χ0v) is 12.3. The molecule has 0 radical (unpaired) electrons. The van der Waals surface area contributed by atoms with Crippen LogP contribution < -0.4 is 0 Å². The molecule has 0 bridgehead atoms. The van der Waals surface area contributed by atoms with Gasteiger partial charge in [-0.05, 0) is 44.4 Å². The maximum atomic E-state index is 10.4. The number of morpholine rings is 1. The van der Waals surface area contributed by atoms with Gasteiger partial charge in [-0.3, -0.25) is 4.90 Å². The van der Waals surface area contributed by atoms with Crippen molar-refractivity contribution in [3.05, 3.63) is 0 Å². The molecule has 3 nitrogen and oxygen atoms in total. The molecule has 1 N–H and O–H groups in total. The average Bonchev–Trinajstić information content (AvgIpc) is 2.89. The molecule has 5 unspecified atom stereocenters. The van der Waals surface area contributed by atoms with E-state index < -0.39 is 0 Å². The lowest BCUT2D eigenvalue weighted by molar-refractivity contribution is -0.104. The summed E-state index contributed by atoms with van der Waals surface area (Å²) in [7, 11) is 0. The van der Waals surface area contributed by atoms with E-state index in [1.165, 1.54) is 44.9 Å². The van der Waals surface area contributed by atoms with Crippen LogP contribution in [-0.2, 0) is 4.74 Å². The van der Waals surface area contributed by atoms with Crippen LogP contribution >= 0.6 is 0 Å². The average molecular weight is 267 g/mol. The molecule has 0 amide bonds. The Bertz CT molecular complexity index is 296. The number of hydrogen-bond acceptors (Lipinski definition) is 3. The fraction of sp³-hybridized carbons (Fsp3) is 1.00. The van der Waals surface area contributed by atoms with E-state index in [-0.39, 0.29) is 6.10 Å². The van der Waals surface area contributed by atoms with Crippen molar-refractivity contribution in [3.63, 3.8) is 0 Å². The smallest absolute Gasteiger partial charge is 0.0731 e. The van der Waals surface area contributed by atoms with Crippen LogP contribution in [0.5, 0.6) is 0 Å². The molecule has 0 aromatic rings. The zero-order chi connectivity index (χ0) is 13.2. The maximum Gasteiger partial charge on any atom is 0.0731 e. The minimum absolute atomic E-state index is 0.104. The van der Waals surface area contributed by atoms with Crippen molar-refractivity contribution in [3.8, 4) is 0 Å². The third-order valence-corrected chi connectivity index (χ3v) is 5.54. The van der Waals surface area contributed by atoms with Crippen molar-refractivity contribution in [1.29, 1.82) is 0 Å². The van der Waals surface area contributed by atoms with E-state index in [1.54, 1.807) is 0 Å². The molecule has 0 aromatic heterocycles. The number of ether oxygens (including phenoxy) is 1. The van der Waals surface area contributed by atoms with Gasteiger partial charge in [0, 0.05) is 18.6 Å². The predicted molar refractivity (Wildman–Crippen MR) is 76.1 cm³/mol. The molecule has 1 aliphatic heterocycles. The number of fused-ring (bicyclic) bond motifs is 1. The Morgan fingerprint density at radius 3 is 2.89 bits per heavy atom. The predicted octanol–water partition coefficient (Wildman–Crippen LogP) is 2.57. The van der Waals surface area contributed by atoms with Gasteiger partial charge in [-0.25, -0.2) is 0 Å². The molecule has 2 saturated carbocycles. The molecule has 19 heavy (non-hydrogen) atoms. The van der Waals surface area contributed by atoms with E-state index in [2.05, 4.69) is 11.8 Å². The fourth-order valence-electron chi connectivity index (χ4n) is 4.61. The first-order valence-electron chi connectivity index (χ1n) is 8.35. The van der Waals surface area contributed by atoms with Crippen LogP contribution in [0.15, 0.2) is 0 Å². The normalized spacial score (nSPS) is 44.2. The van der Waals surface area contributed by atoms with E-state index in [0.717, 1.165) is 25.5 Å². The van der Waals surface area contributed by atoms with E-state index in [1.807, 2.05) is 0 Å². The van der Waals surface area contributed by atoms with E-state index in [0.29, 0.717) is 18.2 Å². The Balaban J connectivity index is 1.68. The van der Waals surface area contributed by atoms with Crippen molar-refractivity contribution < 1.29 is 9.84 Å². The maximum absolute atomic E-state index is 10.4. The summed E-state index contributed by atoms with van der Waals surface area (Å²) in [5.41, 5.74) is 0. The first kappa shape index (κ1) is 13.8. The molecule has 110 valence electrons. The quantitative estimate of drug-likeness (QED) is 0.853. The monoisotopic (exact) mass is 267 g/mol. The van der Waals surface area contributed by atoms with E-state index in [9.17, 15) is 5.11 Å². The molecular weight excluding hydrogens is 238 g/mol. The SMILES string of the molecule is CCCC1CCC(O)C(N2CCOC3CCCC32)C1. The number of aliphatic hydroxyl groups excluding tert-OH is 1. The minimum atomic E-state index is -0.104. The highest BCUT2D eigenvalue weighted by atomic mass is 16.5. The third kappa shape index (κ3) is 2.84. The Hall–Kier alpha value is -0.120. The van der Waals surface area contributed by atoms with E-state index >= 15 is 0 Å². The van der Waals surface area contributed by atoms with Crippen molar-refractivity contribution in [2.24, 2.45) is 5.92 Å². The van der Waals surface area contributed by atoms with Crippen molar-refractivity contribution in [2.45, 2.75) is 82.6 Å². The summed E-state index contributed by atoms with van der Waals surface area (Å²) >= 11 is 0. The first-order chi connectivity index (χ1) is 9.29. The van der Waals surface area contributed by atoms with Crippen LogP contribution in [0.1, 0.15) is 58.3 Å². The van der Waals surface area contributed by atoms with Gasteiger partial charge in [0.2, 0.25) is 0 Å². The van der Waals surface area contributed by atoms with Gasteiger partial charge < -0.3 is 9.84 Å². The standard InChI is InChI=1S/C16H29NO2/c1-2-4-12-7-8-15(18)14(11-12)17-9-10-19-16-6-3-5-13(16)17/h12-16,18H,2-11H2,1H3. The van der Waals surface area contributed by atoms with Crippen LogP contribution in [0, 0.1) is 5.92 Å². The molecule has 1 saturated heterocycles. The molecular formula is C16H29NO2. The second-order valence-electron chi connectivity index (χ2n) is 6.75. The van der Waals surface area contributed by atoms with Crippen LogP contribution in [0.3, 0.4) is 0 Å². The Kier molecular flexibility index (Phi) is 4.45. The first-order valence-corrected chi connectivity index (χ1v) is 8.35. The van der Waals surface area contributed by atoms with Gasteiger partial charge >= 0.3 is 0 Å². The van der Waals surface area contributed by atoms with Crippen LogP contribution in [0.2, 0.25) is 0 Å². The Labute approximate surface area is 117 Å². The van der Waals surface area contributed by atoms with Crippen molar-refractivity contribution in [1.82, 2.24) is 4.90 Å². The summed E-state index contributed by atoms with van der Waals surface area (Å²) in [6.45, 7) is 4.17. The highest BCUT2D eigenvalue weighted by molar-refractivity contribution is 4.96. The highest BCUT2D eigenvalue weighted by Gasteiger charge is 2.42. The third-order valence-electron chi connectivity index (χ3n) is 5.54. The van der Waals surface area contributed by atoms with Gasteiger partial charge in [0.05, 0.1) is 18.8 Å². The Morgan fingerprint density at radius 1 is 1.16 bits per heavy atom. The van der Waals surface area contributed by atoms with Crippen molar-refractivity contribution >= 4 is 0 Å². The molecule has 3 aliphatic rings. The lowest BCUT2D eigenvalue weighted by atomic mass is 9.80. The van der Waals surface area contributed by atoms with Crippen LogP contribution in [0.4, 0.5) is 0 Å². The molecule has 0 spiro atoms. The minimum Gasteiger partial charge on any atom is -0.391 e. The second-order valence-corrected chi connectivity index (χ2v) is 6.75. The topological polar surface area (TPSA) is 32.7 Å². The van der Waals surface area contributed by atoms with Crippen LogP contribution in [-0.4, -0.2) is 47.4 Å². The van der Waals surface area contributed by atoms with Gasteiger partial charge in [-0.15, -0.1) is 0 Å². The highest BCUT2D eigenvalue weighted by Crippen LogP contribution is 2.37. The van der Waals surface area contributed by atoms with Crippen LogP contribution in [0.25, 0.3) is 0 Å². The summed E-state index contributed by atoms with van der Waals surface area (Å²) in [6.07, 6.45) is 10.2. The molecule has 1 heterocycles. The Morgan fingerprint density at radius 2 is 2.05 bits per heavy atom. The lowest BCUT2D eigenvalue weighted by Gasteiger charge is -2.47. The lowest BCUT2D eigenvalue weighted by Crippen LogP contribution is -2.57. The van der Waals surface area contributed by atoms with Crippen molar-refractivity contribution in [2.75, 3.05) is 13.2 Å². The van der Waals surface area contributed by atoms with Gasteiger partial charge in [0.1, 0.15) is 0 Å². The van der Waals surface area contributed by atoms with Gasteiger partial charge in [0.15, 0.2) is 0 Å². The largest absolute Gasteiger partial charge is 0.391 e. The summed E-state index contributed by atoms with van der Waals surface area (Å²) in [5, 5.41) is 10.4. The van der Waals surface area contributed by atoms with Gasteiger partial charge in [-0.1, -0.05) is 19.8 Å². The summed E-state index contributed by atoms with van der Waals surface area (Å²) in [5.74, 6) is 0.834. The number of aliphatic hydroxyl groups is 1. The number of hydrogen-bond donors (Lipinski definition) is 1. The molecule has 3 rings (SSSR count). The summed E-state index contributed by atoms with van der Waals surface area (Å²) in [4.78, 5) is 2.62. The van der Waals surface area contributed by atoms with E-state index in [4.69, 9.17) is 4.74 Å². The summed E-state index contributed by atoms with van der Waals surface area (Å²) in [6, 6.07) is 0.994. The van der Waals surface area contributed by atoms with Gasteiger partial charge in [0.25, 0.3) is 0 Å². The zero-order valence-electron chi connectivity index (χ0n) is 12.3. The molecule has 5 atom stereocenters. The number of rotatable bonds is 3. The summed E-state index contributed by atoms with van der Waals surface area (Å²) < 4.78 is 5.91. The second kappa shape index (κ2) is 6.11. The number of nitrogens with zero attached hydrogens (tertiary/aromatic N) is 1. The molecule has 2 aliphatic carbocycles.